The summed E-state index contributed by atoms with van der Waals surface area (Å²) in [5, 5.41) is 13.5. The Labute approximate surface area is 202 Å². The Morgan fingerprint density at radius 1 is 1.14 bits per heavy atom. The molecule has 36 heavy (non-hydrogen) atoms. The fourth-order valence-electron chi connectivity index (χ4n) is 4.46. The number of halogens is 4. The Morgan fingerprint density at radius 3 is 2.64 bits per heavy atom. The van der Waals surface area contributed by atoms with E-state index in [1.807, 2.05) is 0 Å². The van der Waals surface area contributed by atoms with E-state index in [9.17, 15) is 31.9 Å². The van der Waals surface area contributed by atoms with Crippen LogP contribution in [0, 0.1) is 11.7 Å². The quantitative estimate of drug-likeness (QED) is 0.604. The van der Waals surface area contributed by atoms with Crippen LogP contribution in [-0.4, -0.2) is 65.0 Å². The number of benzene rings is 1. The van der Waals surface area contributed by atoms with Gasteiger partial charge in [-0.25, -0.2) is 4.39 Å². The average molecular weight is 506 g/mol. The lowest BCUT2D eigenvalue weighted by molar-refractivity contribution is -0.138. The van der Waals surface area contributed by atoms with Crippen LogP contribution in [0.2, 0.25) is 0 Å². The Morgan fingerprint density at radius 2 is 1.92 bits per heavy atom. The first-order chi connectivity index (χ1) is 17.1. The Bertz CT molecular complexity index is 1230. The van der Waals surface area contributed by atoms with Gasteiger partial charge in [-0.1, -0.05) is 12.8 Å². The molecule has 0 bridgehead atoms. The average Bonchev–Trinajstić information content (AvgIpc) is 3.66. The van der Waals surface area contributed by atoms with Crippen LogP contribution < -0.4 is 15.5 Å². The number of carbonyl (C=O) groups excluding carboxylic acids is 3. The Kier molecular flexibility index (Phi) is 6.00. The molecule has 2 N–H and O–H groups in total. The molecular weight excluding hydrogens is 484 g/mol. The fourth-order valence-corrected chi connectivity index (χ4v) is 4.46. The van der Waals surface area contributed by atoms with E-state index >= 15 is 0 Å². The molecule has 0 spiro atoms. The van der Waals surface area contributed by atoms with Crippen LogP contribution >= 0.6 is 0 Å². The molecule has 190 valence electrons. The SMILES string of the molecule is O=C(NCCC1CC1)c1cc2c(nn1)N1CCN(C(=O)c3cc(F)ccc3C(F)(F)F)CC1C(=O)N2. The molecule has 2 aromatic rings. The number of carbonyl (C=O) groups is 3. The van der Waals surface area contributed by atoms with E-state index in [1.54, 1.807) is 4.90 Å². The molecule has 1 saturated carbocycles. The molecule has 2 aliphatic heterocycles. The number of hydrogen-bond acceptors (Lipinski definition) is 6. The lowest BCUT2D eigenvalue weighted by atomic mass is 10.0. The lowest BCUT2D eigenvalue weighted by Gasteiger charge is -2.44. The van der Waals surface area contributed by atoms with Crippen molar-refractivity contribution in [2.24, 2.45) is 5.92 Å². The normalized spacial score (nSPS) is 19.3. The fraction of sp³-hybridized carbons (Fsp3) is 0.435. The minimum atomic E-state index is -4.85. The summed E-state index contributed by atoms with van der Waals surface area (Å²) in [6.07, 6.45) is -1.61. The van der Waals surface area contributed by atoms with Crippen molar-refractivity contribution in [3.05, 3.63) is 46.9 Å². The summed E-state index contributed by atoms with van der Waals surface area (Å²) in [6.45, 7) is 0.340. The summed E-state index contributed by atoms with van der Waals surface area (Å²) < 4.78 is 53.9. The van der Waals surface area contributed by atoms with Crippen molar-refractivity contribution in [3.63, 3.8) is 0 Å². The number of hydrogen-bond donors (Lipinski definition) is 2. The summed E-state index contributed by atoms with van der Waals surface area (Å²) in [6, 6.07) is 2.20. The zero-order valence-corrected chi connectivity index (χ0v) is 18.9. The van der Waals surface area contributed by atoms with Crippen LogP contribution in [0.15, 0.2) is 24.3 Å². The number of rotatable bonds is 5. The number of nitrogens with one attached hydrogen (secondary N) is 2. The van der Waals surface area contributed by atoms with Gasteiger partial charge < -0.3 is 20.4 Å². The van der Waals surface area contributed by atoms with Gasteiger partial charge in [0.2, 0.25) is 5.91 Å². The maximum Gasteiger partial charge on any atom is 0.417 e. The van der Waals surface area contributed by atoms with Gasteiger partial charge in [-0.3, -0.25) is 14.4 Å². The first-order valence-corrected chi connectivity index (χ1v) is 11.5. The Balaban J connectivity index is 1.32. The minimum Gasteiger partial charge on any atom is -0.351 e. The molecular formula is C23H22F4N6O3. The predicted octanol–water partition coefficient (Wildman–Crippen LogP) is 2.45. The highest BCUT2D eigenvalue weighted by molar-refractivity contribution is 6.05. The van der Waals surface area contributed by atoms with Crippen molar-refractivity contribution in [2.75, 3.05) is 36.4 Å². The van der Waals surface area contributed by atoms with Crippen molar-refractivity contribution in [3.8, 4) is 0 Å². The molecule has 1 saturated heterocycles. The topological polar surface area (TPSA) is 108 Å². The van der Waals surface area contributed by atoms with Gasteiger partial charge >= 0.3 is 6.18 Å². The van der Waals surface area contributed by atoms with Gasteiger partial charge in [0.1, 0.15) is 11.9 Å². The van der Waals surface area contributed by atoms with Gasteiger partial charge in [0.15, 0.2) is 11.5 Å². The second-order valence-corrected chi connectivity index (χ2v) is 9.09. The molecule has 3 aliphatic rings. The monoisotopic (exact) mass is 506 g/mol. The molecule has 1 atom stereocenters. The van der Waals surface area contributed by atoms with E-state index in [2.05, 4.69) is 20.8 Å². The van der Waals surface area contributed by atoms with Crippen LogP contribution in [0.5, 0.6) is 0 Å². The van der Waals surface area contributed by atoms with Gasteiger partial charge in [0, 0.05) is 19.6 Å². The zero-order valence-electron chi connectivity index (χ0n) is 18.9. The molecule has 5 rings (SSSR count). The molecule has 13 heteroatoms. The van der Waals surface area contributed by atoms with Crippen molar-refractivity contribution >= 4 is 29.2 Å². The maximum absolute atomic E-state index is 13.7. The third kappa shape index (κ3) is 4.69. The van der Waals surface area contributed by atoms with E-state index in [0.717, 1.165) is 11.3 Å². The largest absolute Gasteiger partial charge is 0.417 e. The molecule has 1 aliphatic carbocycles. The van der Waals surface area contributed by atoms with Crippen LogP contribution in [0.4, 0.5) is 29.1 Å². The van der Waals surface area contributed by atoms with E-state index in [-0.39, 0.29) is 31.0 Å². The molecule has 0 radical (unpaired) electrons. The van der Waals surface area contributed by atoms with Crippen LogP contribution in [0.25, 0.3) is 0 Å². The van der Waals surface area contributed by atoms with Gasteiger partial charge in [0.25, 0.3) is 11.8 Å². The van der Waals surface area contributed by atoms with Gasteiger partial charge in [-0.15, -0.1) is 10.2 Å². The number of anilines is 2. The molecule has 1 unspecified atom stereocenters. The number of aromatic nitrogens is 2. The van der Waals surface area contributed by atoms with E-state index in [4.69, 9.17) is 0 Å². The van der Waals surface area contributed by atoms with Crippen molar-refractivity contribution in [1.29, 1.82) is 0 Å². The molecule has 1 aromatic carbocycles. The molecule has 1 aromatic heterocycles. The first-order valence-electron chi connectivity index (χ1n) is 11.5. The molecule has 3 amide bonds. The lowest BCUT2D eigenvalue weighted by Crippen LogP contribution is -2.61. The van der Waals surface area contributed by atoms with Crippen molar-refractivity contribution < 1.29 is 31.9 Å². The maximum atomic E-state index is 13.7. The smallest absolute Gasteiger partial charge is 0.351 e. The molecule has 3 heterocycles. The molecule has 9 nitrogen and oxygen atoms in total. The highest BCUT2D eigenvalue weighted by atomic mass is 19.4. The van der Waals surface area contributed by atoms with E-state index in [0.29, 0.717) is 36.5 Å². The number of fused-ring (bicyclic) bond motifs is 3. The summed E-state index contributed by atoms with van der Waals surface area (Å²) >= 11 is 0. The highest BCUT2D eigenvalue weighted by Gasteiger charge is 2.42. The number of nitrogens with zero attached hydrogens (tertiary/aromatic N) is 4. The summed E-state index contributed by atoms with van der Waals surface area (Å²) in [4.78, 5) is 40.8. The van der Waals surface area contributed by atoms with Gasteiger partial charge in [0.05, 0.1) is 23.4 Å². The van der Waals surface area contributed by atoms with Crippen LogP contribution in [-0.2, 0) is 11.0 Å². The third-order valence-corrected chi connectivity index (χ3v) is 6.56. The number of alkyl halides is 3. The second-order valence-electron chi connectivity index (χ2n) is 9.09. The van der Waals surface area contributed by atoms with Crippen LogP contribution in [0.1, 0.15) is 45.7 Å². The standard InChI is InChI=1S/C23H22F4N6O3/c24-13-3-4-15(23(25,26)27)14(9-13)22(36)32-7-8-33-18(11-32)21(35)29-16-10-17(30-31-19(16)33)20(34)28-6-5-12-1-2-12/h3-4,9-10,12,18H,1-2,5-8,11H2,(H,28,34)(H,29,35). The van der Waals surface area contributed by atoms with Crippen molar-refractivity contribution in [1.82, 2.24) is 20.4 Å². The first kappa shape index (κ1) is 23.9. The minimum absolute atomic E-state index is 0.0268. The van der Waals surface area contributed by atoms with Crippen LogP contribution in [0.3, 0.4) is 0 Å². The summed E-state index contributed by atoms with van der Waals surface area (Å²) in [5.74, 6) is -1.97. The predicted molar refractivity (Wildman–Crippen MR) is 119 cm³/mol. The number of piperazine rings is 1. The van der Waals surface area contributed by atoms with Crippen molar-refractivity contribution in [2.45, 2.75) is 31.5 Å². The van der Waals surface area contributed by atoms with Gasteiger partial charge in [-0.2, -0.15) is 13.2 Å². The highest BCUT2D eigenvalue weighted by Crippen LogP contribution is 2.35. The Hall–Kier alpha value is -3.77. The van der Waals surface area contributed by atoms with E-state index in [1.165, 1.54) is 18.9 Å². The third-order valence-electron chi connectivity index (χ3n) is 6.56. The summed E-state index contributed by atoms with van der Waals surface area (Å²) in [7, 11) is 0. The second kappa shape index (κ2) is 9.03. The van der Waals surface area contributed by atoms with E-state index < -0.39 is 46.9 Å². The molecule has 2 fully saturated rings. The summed E-state index contributed by atoms with van der Waals surface area (Å²) in [5.41, 5.74) is -1.74. The van der Waals surface area contributed by atoms with Gasteiger partial charge in [-0.05, 0) is 36.6 Å². The zero-order chi connectivity index (χ0) is 25.6. The number of amides is 3.